The van der Waals surface area contributed by atoms with Gasteiger partial charge in [0.05, 0.1) is 16.6 Å². The summed E-state index contributed by atoms with van der Waals surface area (Å²) in [6, 6.07) is 15.0. The summed E-state index contributed by atoms with van der Waals surface area (Å²) >= 11 is 5.49. The zero-order valence-electron chi connectivity index (χ0n) is 23.1. The number of carbonyl (C=O) groups excluding carboxylic acids is 3. The van der Waals surface area contributed by atoms with E-state index in [-0.39, 0.29) is 34.4 Å². The summed E-state index contributed by atoms with van der Waals surface area (Å²) in [5.74, 6) is -1.43. The van der Waals surface area contributed by atoms with Crippen LogP contribution in [0.5, 0.6) is 0 Å². The highest BCUT2D eigenvalue weighted by Crippen LogP contribution is 2.67. The van der Waals surface area contributed by atoms with Crippen LogP contribution in [0.1, 0.15) is 48.8 Å². The van der Waals surface area contributed by atoms with Crippen molar-refractivity contribution in [1.82, 2.24) is 10.2 Å². The molecule has 3 aliphatic heterocycles. The molecule has 3 amide bonds. The molecule has 1 spiro atoms. The first-order valence-corrected chi connectivity index (χ1v) is 16.0. The Morgan fingerprint density at radius 1 is 1.02 bits per heavy atom. The molecule has 2 bridgehead atoms. The number of carbonyl (C=O) groups is 3. The van der Waals surface area contributed by atoms with Gasteiger partial charge in [-0.05, 0) is 49.8 Å². The number of fused-ring (bicyclic) bond motifs is 1. The van der Waals surface area contributed by atoms with Gasteiger partial charge in [-0.25, -0.2) is 0 Å². The molecule has 40 heavy (non-hydrogen) atoms. The normalized spacial score (nSPS) is 28.6. The first kappa shape index (κ1) is 29.1. The maximum Gasteiger partial charge on any atom is 0.248 e. The molecule has 0 saturated carbocycles. The second-order valence-corrected chi connectivity index (χ2v) is 14.0. The number of hydrogen-bond donors (Lipinski definition) is 3. The molecule has 3 saturated heterocycles. The van der Waals surface area contributed by atoms with Crippen LogP contribution in [-0.2, 0) is 20.9 Å². The van der Waals surface area contributed by atoms with E-state index in [0.29, 0.717) is 19.5 Å². The van der Waals surface area contributed by atoms with Crippen LogP contribution in [-0.4, -0.2) is 61.7 Å². The van der Waals surface area contributed by atoms with Crippen molar-refractivity contribution >= 4 is 51.1 Å². The number of alkyl halides is 1. The highest BCUT2D eigenvalue weighted by molar-refractivity contribution is 9.09. The van der Waals surface area contributed by atoms with Gasteiger partial charge in [0.25, 0.3) is 0 Å². The number of aliphatic hydroxyl groups excluding tert-OH is 1. The molecule has 3 N–H and O–H groups in total. The second-order valence-electron chi connectivity index (χ2n) is 11.3. The van der Waals surface area contributed by atoms with Crippen molar-refractivity contribution in [2.24, 2.45) is 11.8 Å². The molecular formula is C31H38BrN3O4S. The number of hydrogen-bond acceptors (Lipinski definition) is 5. The number of likely N-dealkylation sites (tertiary alicyclic amines) is 1. The fourth-order valence-corrected chi connectivity index (χ4v) is 10.4. The van der Waals surface area contributed by atoms with Gasteiger partial charge in [0.2, 0.25) is 17.7 Å². The van der Waals surface area contributed by atoms with Crippen LogP contribution < -0.4 is 10.6 Å². The average molecular weight is 629 g/mol. The van der Waals surface area contributed by atoms with E-state index in [9.17, 15) is 14.4 Å². The minimum absolute atomic E-state index is 0.0361. The van der Waals surface area contributed by atoms with E-state index >= 15 is 0 Å². The van der Waals surface area contributed by atoms with Crippen LogP contribution in [0.25, 0.3) is 0 Å². The summed E-state index contributed by atoms with van der Waals surface area (Å²) in [6.07, 6.45) is 3.87. The van der Waals surface area contributed by atoms with Crippen molar-refractivity contribution in [3.8, 4) is 0 Å². The number of benzene rings is 2. The van der Waals surface area contributed by atoms with Crippen LogP contribution >= 0.6 is 27.7 Å². The largest absolute Gasteiger partial charge is 0.396 e. The highest BCUT2D eigenvalue weighted by Gasteiger charge is 2.75. The zero-order valence-corrected chi connectivity index (χ0v) is 25.5. The van der Waals surface area contributed by atoms with Crippen LogP contribution in [0.4, 0.5) is 5.69 Å². The van der Waals surface area contributed by atoms with E-state index in [1.807, 2.05) is 62.4 Å². The van der Waals surface area contributed by atoms with Gasteiger partial charge < -0.3 is 20.6 Å². The Bertz CT molecular complexity index is 1240. The van der Waals surface area contributed by atoms with E-state index in [1.54, 1.807) is 16.7 Å². The maximum atomic E-state index is 14.2. The quantitative estimate of drug-likeness (QED) is 0.250. The molecular weight excluding hydrogens is 590 g/mol. The van der Waals surface area contributed by atoms with Crippen LogP contribution in [0.3, 0.4) is 0 Å². The van der Waals surface area contributed by atoms with Crippen molar-refractivity contribution in [1.29, 1.82) is 0 Å². The van der Waals surface area contributed by atoms with Gasteiger partial charge in [-0.15, -0.1) is 11.8 Å². The lowest BCUT2D eigenvalue weighted by molar-refractivity contribution is -0.139. The SMILES string of the molecule is Cc1cccc(C)c1NC(=O)C1N(CCCCCCO)C(=O)[C@@H]2[C@H](C(=O)NCc3ccccc3)[C@H]3SC12CC3Br. The van der Waals surface area contributed by atoms with Gasteiger partial charge in [-0.2, -0.15) is 0 Å². The minimum Gasteiger partial charge on any atom is -0.396 e. The molecule has 214 valence electrons. The Morgan fingerprint density at radius 3 is 2.42 bits per heavy atom. The number of aryl methyl sites for hydroxylation is 2. The molecule has 9 heteroatoms. The molecule has 3 fully saturated rings. The predicted octanol–water partition coefficient (Wildman–Crippen LogP) is 4.58. The van der Waals surface area contributed by atoms with Gasteiger partial charge in [-0.3, -0.25) is 14.4 Å². The number of amides is 3. The molecule has 0 aromatic heterocycles. The molecule has 2 aromatic rings. The number of nitrogens with zero attached hydrogens (tertiary/aromatic N) is 1. The third-order valence-electron chi connectivity index (χ3n) is 8.69. The number of para-hydroxylation sites is 1. The molecule has 3 aliphatic rings. The van der Waals surface area contributed by atoms with Gasteiger partial charge >= 0.3 is 0 Å². The van der Waals surface area contributed by atoms with E-state index in [2.05, 4.69) is 26.6 Å². The average Bonchev–Trinajstić information content (AvgIpc) is 3.53. The molecule has 7 nitrogen and oxygen atoms in total. The summed E-state index contributed by atoms with van der Waals surface area (Å²) in [4.78, 5) is 43.8. The third-order valence-corrected chi connectivity index (χ3v) is 11.9. The Labute approximate surface area is 249 Å². The van der Waals surface area contributed by atoms with Gasteiger partial charge in [-0.1, -0.05) is 77.3 Å². The van der Waals surface area contributed by atoms with Gasteiger partial charge in [0.1, 0.15) is 6.04 Å². The van der Waals surface area contributed by atoms with Crippen LogP contribution in [0, 0.1) is 25.7 Å². The van der Waals surface area contributed by atoms with Crippen molar-refractivity contribution in [2.75, 3.05) is 18.5 Å². The molecule has 2 aromatic carbocycles. The predicted molar refractivity (Wildman–Crippen MR) is 162 cm³/mol. The molecule has 0 radical (unpaired) electrons. The lowest BCUT2D eigenvalue weighted by Crippen LogP contribution is -2.53. The molecule has 5 rings (SSSR count). The summed E-state index contributed by atoms with van der Waals surface area (Å²) in [7, 11) is 0. The second kappa shape index (κ2) is 12.2. The smallest absolute Gasteiger partial charge is 0.248 e. The van der Waals surface area contributed by atoms with Crippen LogP contribution in [0.2, 0.25) is 0 Å². The molecule has 0 aliphatic carbocycles. The summed E-state index contributed by atoms with van der Waals surface area (Å²) < 4.78 is -0.670. The van der Waals surface area contributed by atoms with Crippen molar-refractivity contribution in [3.63, 3.8) is 0 Å². The third kappa shape index (κ3) is 5.32. The van der Waals surface area contributed by atoms with E-state index in [4.69, 9.17) is 5.11 Å². The number of unbranched alkanes of at least 4 members (excludes halogenated alkanes) is 3. The number of nitrogens with one attached hydrogen (secondary N) is 2. The van der Waals surface area contributed by atoms with Crippen molar-refractivity contribution < 1.29 is 19.5 Å². The van der Waals surface area contributed by atoms with Gasteiger partial charge in [0, 0.05) is 35.5 Å². The Morgan fingerprint density at radius 2 is 1.73 bits per heavy atom. The lowest BCUT2D eigenvalue weighted by Gasteiger charge is -2.35. The Hall–Kier alpha value is -2.36. The number of halogens is 1. The number of thioether (sulfide) groups is 1. The molecule has 6 atom stereocenters. The molecule has 3 heterocycles. The van der Waals surface area contributed by atoms with Gasteiger partial charge in [0.15, 0.2) is 0 Å². The minimum atomic E-state index is -0.670. The van der Waals surface area contributed by atoms with Crippen molar-refractivity contribution in [3.05, 3.63) is 65.2 Å². The fourth-order valence-electron chi connectivity index (χ4n) is 6.82. The maximum absolute atomic E-state index is 14.2. The Kier molecular flexibility index (Phi) is 8.92. The zero-order chi connectivity index (χ0) is 28.4. The number of anilines is 1. The number of aliphatic hydroxyl groups is 1. The first-order chi connectivity index (χ1) is 19.3. The van der Waals surface area contributed by atoms with E-state index in [0.717, 1.165) is 48.1 Å². The number of rotatable bonds is 11. The lowest BCUT2D eigenvalue weighted by atomic mass is 9.70. The van der Waals surface area contributed by atoms with Crippen LogP contribution in [0.15, 0.2) is 48.5 Å². The Balaban J connectivity index is 1.43. The highest BCUT2D eigenvalue weighted by atomic mass is 79.9. The van der Waals surface area contributed by atoms with E-state index < -0.39 is 22.6 Å². The first-order valence-electron chi connectivity index (χ1n) is 14.2. The topological polar surface area (TPSA) is 98.7 Å². The summed E-state index contributed by atoms with van der Waals surface area (Å²) in [5, 5.41) is 15.4. The fraction of sp³-hybridized carbons (Fsp3) is 0.516. The summed E-state index contributed by atoms with van der Waals surface area (Å²) in [6.45, 7) is 4.96. The summed E-state index contributed by atoms with van der Waals surface area (Å²) in [5.41, 5.74) is 3.74. The van der Waals surface area contributed by atoms with E-state index in [1.165, 1.54) is 0 Å². The monoisotopic (exact) mass is 627 g/mol. The molecule has 3 unspecified atom stereocenters. The standard InChI is InChI=1S/C31H38BrN3O4S/c1-19-11-10-12-20(2)25(19)34-29(38)27-31-17-22(32)26(40-31)23(28(37)33-18-21-13-6-5-7-14-21)24(31)30(39)35(27)15-8-3-4-9-16-36/h5-7,10-14,22-24,26-27,36H,3-4,8-9,15-18H2,1-2H3,(H,33,37)(H,34,38)/t22?,23-,24-,26-,27?,31?/m0/s1. The van der Waals surface area contributed by atoms with Crippen molar-refractivity contribution in [2.45, 2.75) is 73.4 Å².